The van der Waals surface area contributed by atoms with Crippen molar-refractivity contribution in [1.29, 1.82) is 5.26 Å². The molecule has 23 heavy (non-hydrogen) atoms. The van der Waals surface area contributed by atoms with Crippen LogP contribution in [0.4, 0.5) is 10.5 Å². The third kappa shape index (κ3) is 3.47. The van der Waals surface area contributed by atoms with Crippen molar-refractivity contribution in [3.05, 3.63) is 77.9 Å². The quantitative estimate of drug-likeness (QED) is 0.777. The molecule has 0 heterocycles. The second-order valence-corrected chi connectivity index (χ2v) is 5.04. The van der Waals surface area contributed by atoms with Gasteiger partial charge in [0, 0.05) is 0 Å². The maximum Gasteiger partial charge on any atom is 0.411 e. The summed E-state index contributed by atoms with van der Waals surface area (Å²) in [7, 11) is 0. The number of ether oxygens (including phenoxy) is 1. The topological polar surface area (TPSA) is 62.1 Å². The monoisotopic (exact) mass is 302 g/mol. The molecule has 0 aliphatic carbocycles. The van der Waals surface area contributed by atoms with Crippen LogP contribution in [0, 0.1) is 11.3 Å². The highest BCUT2D eigenvalue weighted by atomic mass is 16.5. The average molecular weight is 302 g/mol. The number of carbonyl (C=O) groups excluding carboxylic acids is 1. The van der Waals surface area contributed by atoms with Crippen LogP contribution in [-0.4, -0.2) is 6.09 Å². The van der Waals surface area contributed by atoms with E-state index < -0.39 is 6.09 Å². The fourth-order valence-electron chi connectivity index (χ4n) is 2.31. The van der Waals surface area contributed by atoms with Crippen LogP contribution in [0.15, 0.2) is 66.7 Å². The summed E-state index contributed by atoms with van der Waals surface area (Å²) in [5.74, 6) is 0. The number of nitrogens with one attached hydrogen (secondary N) is 1. The number of amides is 1. The molecule has 0 fully saturated rings. The highest BCUT2D eigenvalue weighted by molar-refractivity contribution is 5.94. The number of hydrogen-bond acceptors (Lipinski definition) is 3. The molecule has 3 rings (SSSR count). The van der Waals surface area contributed by atoms with E-state index in [0.717, 1.165) is 16.3 Å². The lowest BCUT2D eigenvalue weighted by Gasteiger charge is -2.09. The van der Waals surface area contributed by atoms with E-state index >= 15 is 0 Å². The minimum Gasteiger partial charge on any atom is -0.444 e. The summed E-state index contributed by atoms with van der Waals surface area (Å²) in [6, 6.07) is 22.7. The molecule has 0 aliphatic heterocycles. The Morgan fingerprint density at radius 2 is 1.65 bits per heavy atom. The van der Waals surface area contributed by atoms with Gasteiger partial charge in [0.1, 0.15) is 12.7 Å². The molecule has 0 atom stereocenters. The van der Waals surface area contributed by atoms with Crippen molar-refractivity contribution < 1.29 is 9.53 Å². The van der Waals surface area contributed by atoms with E-state index in [2.05, 4.69) is 11.4 Å². The number of rotatable bonds is 3. The second-order valence-electron chi connectivity index (χ2n) is 5.04. The Morgan fingerprint density at radius 3 is 2.35 bits per heavy atom. The van der Waals surface area contributed by atoms with Crippen molar-refractivity contribution in [2.75, 3.05) is 5.32 Å². The summed E-state index contributed by atoms with van der Waals surface area (Å²) in [5, 5.41) is 13.8. The normalized spacial score (nSPS) is 10.0. The van der Waals surface area contributed by atoms with Crippen LogP contribution in [0.2, 0.25) is 0 Å². The van der Waals surface area contributed by atoms with Crippen molar-refractivity contribution in [2.45, 2.75) is 6.61 Å². The van der Waals surface area contributed by atoms with Gasteiger partial charge in [0.25, 0.3) is 0 Å². The molecule has 0 aliphatic rings. The lowest BCUT2D eigenvalue weighted by molar-refractivity contribution is 0.155. The second kappa shape index (κ2) is 6.63. The molecule has 0 saturated heterocycles. The summed E-state index contributed by atoms with van der Waals surface area (Å²) < 4.78 is 5.18. The average Bonchev–Trinajstić information content (AvgIpc) is 2.60. The van der Waals surface area contributed by atoms with Crippen LogP contribution in [0.1, 0.15) is 11.1 Å². The fourth-order valence-corrected chi connectivity index (χ4v) is 2.31. The van der Waals surface area contributed by atoms with Crippen molar-refractivity contribution in [3.8, 4) is 6.07 Å². The van der Waals surface area contributed by atoms with Gasteiger partial charge in [-0.15, -0.1) is 0 Å². The molecule has 0 unspecified atom stereocenters. The maximum absolute atomic E-state index is 11.9. The maximum atomic E-state index is 11.9. The van der Waals surface area contributed by atoms with Gasteiger partial charge in [-0.3, -0.25) is 5.32 Å². The molecule has 0 saturated carbocycles. The number of hydrogen-bond donors (Lipinski definition) is 1. The highest BCUT2D eigenvalue weighted by Crippen LogP contribution is 2.23. The zero-order valence-electron chi connectivity index (χ0n) is 12.3. The summed E-state index contributed by atoms with van der Waals surface area (Å²) in [4.78, 5) is 11.9. The van der Waals surface area contributed by atoms with Crippen LogP contribution >= 0.6 is 0 Å². The van der Waals surface area contributed by atoms with E-state index in [4.69, 9.17) is 4.74 Å². The van der Waals surface area contributed by atoms with Gasteiger partial charge in [0.15, 0.2) is 0 Å². The zero-order chi connectivity index (χ0) is 16.1. The minimum atomic E-state index is -0.583. The summed E-state index contributed by atoms with van der Waals surface area (Å²) in [6.07, 6.45) is -0.583. The number of benzene rings is 3. The Hall–Kier alpha value is -3.32. The van der Waals surface area contributed by atoms with Crippen molar-refractivity contribution in [3.63, 3.8) is 0 Å². The zero-order valence-corrected chi connectivity index (χ0v) is 12.3. The van der Waals surface area contributed by atoms with E-state index in [0.29, 0.717) is 11.3 Å². The lowest BCUT2D eigenvalue weighted by atomic mass is 10.1. The van der Waals surface area contributed by atoms with Gasteiger partial charge >= 0.3 is 6.09 Å². The molecule has 0 radical (unpaired) electrons. The Labute approximate surface area is 133 Å². The van der Waals surface area contributed by atoms with Crippen LogP contribution in [0.5, 0.6) is 0 Å². The number of nitrogens with zero attached hydrogens (tertiary/aromatic N) is 1. The summed E-state index contributed by atoms with van der Waals surface area (Å²) in [5.41, 5.74) is 1.76. The van der Waals surface area contributed by atoms with Gasteiger partial charge in [-0.1, -0.05) is 54.6 Å². The largest absolute Gasteiger partial charge is 0.444 e. The summed E-state index contributed by atoms with van der Waals surface area (Å²) >= 11 is 0. The molecule has 3 aromatic carbocycles. The molecule has 3 aromatic rings. The van der Waals surface area contributed by atoms with Crippen LogP contribution in [0.3, 0.4) is 0 Å². The first-order chi connectivity index (χ1) is 11.3. The molecule has 1 amide bonds. The number of anilines is 1. The van der Waals surface area contributed by atoms with Gasteiger partial charge in [-0.2, -0.15) is 5.26 Å². The molecule has 4 nitrogen and oxygen atoms in total. The van der Waals surface area contributed by atoms with E-state index in [1.165, 1.54) is 0 Å². The third-order valence-corrected chi connectivity index (χ3v) is 3.46. The van der Waals surface area contributed by atoms with Crippen molar-refractivity contribution >= 4 is 22.6 Å². The van der Waals surface area contributed by atoms with E-state index in [9.17, 15) is 10.1 Å². The van der Waals surface area contributed by atoms with Gasteiger partial charge in [0.2, 0.25) is 0 Å². The Balaban J connectivity index is 1.75. The number of fused-ring (bicyclic) bond motifs is 1. The van der Waals surface area contributed by atoms with Crippen LogP contribution in [0.25, 0.3) is 10.8 Å². The third-order valence-electron chi connectivity index (χ3n) is 3.46. The highest BCUT2D eigenvalue weighted by Gasteiger charge is 2.09. The first kappa shape index (κ1) is 14.6. The smallest absolute Gasteiger partial charge is 0.411 e. The number of nitriles is 1. The first-order valence-electron chi connectivity index (χ1n) is 7.17. The molecule has 0 bridgehead atoms. The Kier molecular flexibility index (Phi) is 4.21. The van der Waals surface area contributed by atoms with Gasteiger partial charge in [0.05, 0.1) is 11.3 Å². The fraction of sp³-hybridized carbons (Fsp3) is 0.0526. The molecular weight excluding hydrogens is 288 g/mol. The van der Waals surface area contributed by atoms with Crippen LogP contribution in [-0.2, 0) is 11.3 Å². The van der Waals surface area contributed by atoms with Gasteiger partial charge in [-0.05, 0) is 28.5 Å². The molecule has 0 aromatic heterocycles. The lowest BCUT2D eigenvalue weighted by Crippen LogP contribution is -2.14. The Bertz CT molecular complexity index is 883. The Morgan fingerprint density at radius 1 is 1.00 bits per heavy atom. The molecular formula is C19H14N2O2. The molecule has 0 spiro atoms. The predicted molar refractivity (Wildman–Crippen MR) is 88.9 cm³/mol. The molecule has 112 valence electrons. The van der Waals surface area contributed by atoms with Gasteiger partial charge in [-0.25, -0.2) is 4.79 Å². The number of carbonyl (C=O) groups is 1. The van der Waals surface area contributed by atoms with Gasteiger partial charge < -0.3 is 4.74 Å². The minimum absolute atomic E-state index is 0.183. The predicted octanol–water partition coefficient (Wildman–Crippen LogP) is 4.46. The van der Waals surface area contributed by atoms with Crippen molar-refractivity contribution in [1.82, 2.24) is 0 Å². The molecule has 4 heteroatoms. The standard InChI is InChI=1S/C19H14N2O2/c20-12-17-10-15-8-4-5-9-16(15)11-18(17)21-19(22)23-13-14-6-2-1-3-7-14/h1-11H,13H2,(H,21,22). The van der Waals surface area contributed by atoms with Crippen LogP contribution < -0.4 is 5.32 Å². The van der Waals surface area contributed by atoms with E-state index in [1.807, 2.05) is 54.6 Å². The van der Waals surface area contributed by atoms with E-state index in [1.54, 1.807) is 12.1 Å². The summed E-state index contributed by atoms with van der Waals surface area (Å²) in [6.45, 7) is 0.183. The first-order valence-corrected chi connectivity index (χ1v) is 7.17. The van der Waals surface area contributed by atoms with E-state index in [-0.39, 0.29) is 6.61 Å². The molecule has 1 N–H and O–H groups in total. The van der Waals surface area contributed by atoms with Crippen molar-refractivity contribution in [2.24, 2.45) is 0 Å². The SMILES string of the molecule is N#Cc1cc2ccccc2cc1NC(=O)OCc1ccccc1.